The summed E-state index contributed by atoms with van der Waals surface area (Å²) in [5, 5.41) is 3.56. The van der Waals surface area contributed by atoms with Crippen LogP contribution in [0.25, 0.3) is 17.0 Å². The van der Waals surface area contributed by atoms with Gasteiger partial charge in [0.25, 0.3) is 0 Å². The summed E-state index contributed by atoms with van der Waals surface area (Å²) in [4.78, 5) is 11.5. The fraction of sp³-hybridized carbons (Fsp3) is 0.217. The standard InChI is InChI=1S/C23H25N5/c1-3-27(4-2)20-13-11-19(12-14-20)21-22(25-17-18-9-6-5-7-10-18)28-16-8-15-24-23(28)26-21/h5-16,25H,3-4,17H2,1-2H3. The number of anilines is 2. The van der Waals surface area contributed by atoms with Gasteiger partial charge in [0.2, 0.25) is 5.78 Å². The van der Waals surface area contributed by atoms with Crippen LogP contribution in [0.5, 0.6) is 0 Å². The fourth-order valence-corrected chi connectivity index (χ4v) is 3.46. The Bertz CT molecular complexity index is 1030. The Morgan fingerprint density at radius 3 is 2.39 bits per heavy atom. The normalized spacial score (nSPS) is 10.9. The van der Waals surface area contributed by atoms with Crippen LogP contribution in [-0.2, 0) is 6.54 Å². The van der Waals surface area contributed by atoms with Gasteiger partial charge >= 0.3 is 0 Å². The Labute approximate surface area is 165 Å². The third-order valence-corrected chi connectivity index (χ3v) is 4.98. The zero-order chi connectivity index (χ0) is 19.3. The Morgan fingerprint density at radius 1 is 0.929 bits per heavy atom. The van der Waals surface area contributed by atoms with Crippen LogP contribution in [0.4, 0.5) is 11.5 Å². The molecule has 0 aliphatic rings. The van der Waals surface area contributed by atoms with Crippen LogP contribution in [0.3, 0.4) is 0 Å². The third kappa shape index (κ3) is 3.56. The minimum atomic E-state index is 0.695. The molecule has 2 heterocycles. The van der Waals surface area contributed by atoms with Gasteiger partial charge in [0, 0.05) is 43.3 Å². The molecule has 0 bridgehead atoms. The maximum Gasteiger partial charge on any atom is 0.235 e. The van der Waals surface area contributed by atoms with E-state index in [1.165, 1.54) is 11.3 Å². The van der Waals surface area contributed by atoms with Gasteiger partial charge in [-0.15, -0.1) is 0 Å². The third-order valence-electron chi connectivity index (χ3n) is 4.98. The Kier molecular flexibility index (Phi) is 5.24. The molecule has 2 aromatic heterocycles. The van der Waals surface area contributed by atoms with Crippen molar-refractivity contribution in [1.29, 1.82) is 0 Å². The zero-order valence-corrected chi connectivity index (χ0v) is 16.3. The topological polar surface area (TPSA) is 45.5 Å². The quantitative estimate of drug-likeness (QED) is 0.504. The first-order chi connectivity index (χ1) is 13.8. The van der Waals surface area contributed by atoms with E-state index >= 15 is 0 Å². The molecular formula is C23H25N5. The minimum absolute atomic E-state index is 0.695. The van der Waals surface area contributed by atoms with Crippen molar-refractivity contribution in [2.75, 3.05) is 23.3 Å². The van der Waals surface area contributed by atoms with E-state index in [2.05, 4.69) is 77.6 Å². The molecular weight excluding hydrogens is 346 g/mol. The summed E-state index contributed by atoms with van der Waals surface area (Å²) in [6.07, 6.45) is 3.77. The first-order valence-electron chi connectivity index (χ1n) is 9.76. The second-order valence-electron chi connectivity index (χ2n) is 6.66. The average molecular weight is 371 g/mol. The van der Waals surface area contributed by atoms with E-state index in [4.69, 9.17) is 4.98 Å². The van der Waals surface area contributed by atoms with Gasteiger partial charge in [-0.05, 0) is 37.6 Å². The molecule has 0 fully saturated rings. The van der Waals surface area contributed by atoms with Gasteiger partial charge in [0.05, 0.1) is 0 Å². The number of fused-ring (bicyclic) bond motifs is 1. The second-order valence-corrected chi connectivity index (χ2v) is 6.66. The Morgan fingerprint density at radius 2 is 1.68 bits per heavy atom. The summed E-state index contributed by atoms with van der Waals surface area (Å²) in [5.41, 5.74) is 4.45. The number of hydrogen-bond acceptors (Lipinski definition) is 4. The van der Waals surface area contributed by atoms with E-state index in [1.807, 2.05) is 22.7 Å². The van der Waals surface area contributed by atoms with E-state index < -0.39 is 0 Å². The lowest BCUT2D eigenvalue weighted by molar-refractivity contribution is 0.866. The lowest BCUT2D eigenvalue weighted by atomic mass is 10.1. The average Bonchev–Trinajstić information content (AvgIpc) is 3.13. The highest BCUT2D eigenvalue weighted by molar-refractivity contribution is 5.76. The molecule has 2 aromatic carbocycles. The molecule has 4 rings (SSSR count). The van der Waals surface area contributed by atoms with Crippen LogP contribution in [0, 0.1) is 0 Å². The van der Waals surface area contributed by atoms with Crippen molar-refractivity contribution in [3.8, 4) is 11.3 Å². The van der Waals surface area contributed by atoms with Crippen molar-refractivity contribution in [1.82, 2.24) is 14.4 Å². The first kappa shape index (κ1) is 18.0. The number of imidazole rings is 1. The highest BCUT2D eigenvalue weighted by atomic mass is 15.2. The van der Waals surface area contributed by atoms with Gasteiger partial charge in [0.15, 0.2) is 0 Å². The van der Waals surface area contributed by atoms with E-state index in [9.17, 15) is 0 Å². The number of hydrogen-bond donors (Lipinski definition) is 1. The second kappa shape index (κ2) is 8.13. The Hall–Kier alpha value is -3.34. The molecule has 0 unspecified atom stereocenters. The zero-order valence-electron chi connectivity index (χ0n) is 16.3. The molecule has 1 N–H and O–H groups in total. The fourth-order valence-electron chi connectivity index (χ4n) is 3.46. The van der Waals surface area contributed by atoms with E-state index in [0.717, 1.165) is 36.7 Å². The van der Waals surface area contributed by atoms with Crippen LogP contribution < -0.4 is 10.2 Å². The molecule has 0 saturated carbocycles. The summed E-state index contributed by atoms with van der Waals surface area (Å²) in [7, 11) is 0. The van der Waals surface area contributed by atoms with Gasteiger partial charge in [-0.1, -0.05) is 42.5 Å². The number of nitrogens with one attached hydrogen (secondary N) is 1. The summed E-state index contributed by atoms with van der Waals surface area (Å²) < 4.78 is 2.01. The van der Waals surface area contributed by atoms with E-state index in [-0.39, 0.29) is 0 Å². The highest BCUT2D eigenvalue weighted by Gasteiger charge is 2.15. The van der Waals surface area contributed by atoms with Gasteiger partial charge in [-0.3, -0.25) is 4.40 Å². The maximum atomic E-state index is 4.79. The molecule has 4 aromatic rings. The van der Waals surface area contributed by atoms with Gasteiger partial charge in [-0.2, -0.15) is 0 Å². The van der Waals surface area contributed by atoms with Crippen molar-refractivity contribution in [3.05, 3.63) is 78.6 Å². The van der Waals surface area contributed by atoms with Crippen molar-refractivity contribution in [2.24, 2.45) is 0 Å². The van der Waals surface area contributed by atoms with Gasteiger partial charge < -0.3 is 10.2 Å². The minimum Gasteiger partial charge on any atom is -0.372 e. The molecule has 0 amide bonds. The van der Waals surface area contributed by atoms with E-state index in [0.29, 0.717) is 5.78 Å². The van der Waals surface area contributed by atoms with Crippen molar-refractivity contribution < 1.29 is 0 Å². The van der Waals surface area contributed by atoms with E-state index in [1.54, 1.807) is 6.20 Å². The molecule has 142 valence electrons. The highest BCUT2D eigenvalue weighted by Crippen LogP contribution is 2.30. The maximum absolute atomic E-state index is 4.79. The molecule has 0 atom stereocenters. The van der Waals surface area contributed by atoms with Gasteiger partial charge in [-0.25, -0.2) is 9.97 Å². The van der Waals surface area contributed by atoms with Crippen LogP contribution in [0.15, 0.2) is 73.1 Å². The summed E-state index contributed by atoms with van der Waals surface area (Å²) in [5.74, 6) is 1.66. The summed E-state index contributed by atoms with van der Waals surface area (Å²) in [6.45, 7) is 7.08. The van der Waals surface area contributed by atoms with Crippen LogP contribution in [0.1, 0.15) is 19.4 Å². The number of aromatic nitrogens is 3. The number of nitrogens with zero attached hydrogens (tertiary/aromatic N) is 4. The lowest BCUT2D eigenvalue weighted by Gasteiger charge is -2.21. The van der Waals surface area contributed by atoms with Crippen LogP contribution in [-0.4, -0.2) is 27.5 Å². The van der Waals surface area contributed by atoms with Crippen LogP contribution >= 0.6 is 0 Å². The molecule has 5 heteroatoms. The summed E-state index contributed by atoms with van der Waals surface area (Å²) in [6, 6.07) is 20.9. The largest absolute Gasteiger partial charge is 0.372 e. The predicted octanol–water partition coefficient (Wildman–Crippen LogP) is 4.85. The molecule has 0 aliphatic carbocycles. The van der Waals surface area contributed by atoms with Gasteiger partial charge in [0.1, 0.15) is 11.5 Å². The Balaban J connectivity index is 1.70. The molecule has 0 aliphatic heterocycles. The monoisotopic (exact) mass is 371 g/mol. The van der Waals surface area contributed by atoms with Crippen LogP contribution in [0.2, 0.25) is 0 Å². The predicted molar refractivity (Wildman–Crippen MR) is 116 cm³/mol. The molecule has 28 heavy (non-hydrogen) atoms. The number of benzene rings is 2. The van der Waals surface area contributed by atoms with Crippen molar-refractivity contribution >= 4 is 17.3 Å². The summed E-state index contributed by atoms with van der Waals surface area (Å²) >= 11 is 0. The SMILES string of the molecule is CCN(CC)c1ccc(-c2nc3ncccn3c2NCc2ccccc2)cc1. The van der Waals surface area contributed by atoms with Crippen molar-refractivity contribution in [3.63, 3.8) is 0 Å². The molecule has 0 saturated heterocycles. The smallest absolute Gasteiger partial charge is 0.235 e. The molecule has 5 nitrogen and oxygen atoms in total. The molecule has 0 radical (unpaired) electrons. The lowest BCUT2D eigenvalue weighted by Crippen LogP contribution is -2.21. The molecule has 0 spiro atoms. The first-order valence-corrected chi connectivity index (χ1v) is 9.76. The number of rotatable bonds is 7. The van der Waals surface area contributed by atoms with Crippen molar-refractivity contribution in [2.45, 2.75) is 20.4 Å².